The van der Waals surface area contributed by atoms with Crippen LogP contribution in [0.25, 0.3) is 0 Å². The second kappa shape index (κ2) is 7.61. The molecule has 6 nitrogen and oxygen atoms in total. The fourth-order valence-corrected chi connectivity index (χ4v) is 2.41. The highest BCUT2D eigenvalue weighted by molar-refractivity contribution is 7.98. The van der Waals surface area contributed by atoms with Gasteiger partial charge in [-0.3, -0.25) is 0 Å². The molecule has 0 amide bonds. The second-order valence-electron chi connectivity index (χ2n) is 3.73. The van der Waals surface area contributed by atoms with Crippen LogP contribution < -0.4 is 5.73 Å². The highest BCUT2D eigenvalue weighted by Gasteiger charge is 2.05. The molecule has 0 bridgehead atoms. The topological polar surface area (TPSA) is 94.1 Å². The van der Waals surface area contributed by atoms with E-state index in [2.05, 4.69) is 21.9 Å². The summed E-state index contributed by atoms with van der Waals surface area (Å²) in [6.07, 6.45) is 4.36. The summed E-state index contributed by atoms with van der Waals surface area (Å²) in [7, 11) is 1.82. The third kappa shape index (κ3) is 4.30. The van der Waals surface area contributed by atoms with Crippen LogP contribution in [0.3, 0.4) is 0 Å². The molecule has 0 saturated carbocycles. The van der Waals surface area contributed by atoms with Crippen LogP contribution in [0.5, 0.6) is 0 Å². The van der Waals surface area contributed by atoms with Crippen LogP contribution in [0.4, 0.5) is 0 Å². The Labute approximate surface area is 111 Å². The summed E-state index contributed by atoms with van der Waals surface area (Å²) < 4.78 is 0. The molecule has 98 valence electrons. The summed E-state index contributed by atoms with van der Waals surface area (Å²) in [6.45, 7) is 2.86. The van der Waals surface area contributed by atoms with Gasteiger partial charge in [-0.25, -0.2) is 4.98 Å². The highest BCUT2D eigenvalue weighted by Crippen LogP contribution is 2.13. The third-order valence-electron chi connectivity index (χ3n) is 2.52. The minimum atomic E-state index is 0.258. The van der Waals surface area contributed by atoms with Gasteiger partial charge in [-0.15, -0.1) is 4.99 Å². The van der Waals surface area contributed by atoms with Crippen molar-refractivity contribution in [3.8, 4) is 6.19 Å². The average Bonchev–Trinajstić information content (AvgIpc) is 2.82. The van der Waals surface area contributed by atoms with Crippen LogP contribution in [0, 0.1) is 11.5 Å². The van der Waals surface area contributed by atoms with Gasteiger partial charge < -0.3 is 15.6 Å². The number of nitrogens with one attached hydrogen (secondary N) is 1. The molecule has 0 radical (unpaired) electrons. The molecule has 3 N–H and O–H groups in total. The van der Waals surface area contributed by atoms with Crippen LogP contribution in [0.2, 0.25) is 0 Å². The van der Waals surface area contributed by atoms with Crippen molar-refractivity contribution >= 4 is 17.7 Å². The molecule has 0 saturated heterocycles. The van der Waals surface area contributed by atoms with Gasteiger partial charge in [0.1, 0.15) is 0 Å². The number of hydrogen-bond donors (Lipinski definition) is 2. The zero-order chi connectivity index (χ0) is 13.4. The minimum absolute atomic E-state index is 0.258. The molecule has 0 aliphatic rings. The number of nitrogens with zero attached hydrogens (tertiary/aromatic N) is 4. The number of aryl methyl sites for hydroxylation is 1. The van der Waals surface area contributed by atoms with E-state index in [4.69, 9.17) is 11.0 Å². The van der Waals surface area contributed by atoms with E-state index in [9.17, 15) is 0 Å². The van der Waals surface area contributed by atoms with Crippen molar-refractivity contribution in [1.29, 1.82) is 5.26 Å². The van der Waals surface area contributed by atoms with Gasteiger partial charge >= 0.3 is 0 Å². The fraction of sp³-hybridized carbons (Fsp3) is 0.545. The van der Waals surface area contributed by atoms with E-state index < -0.39 is 0 Å². The third-order valence-corrected chi connectivity index (χ3v) is 3.48. The number of nitrogens with two attached hydrogens (primary N) is 1. The molecule has 0 unspecified atom stereocenters. The highest BCUT2D eigenvalue weighted by atomic mass is 32.2. The van der Waals surface area contributed by atoms with Crippen molar-refractivity contribution in [3.05, 3.63) is 17.7 Å². The molecule has 1 aromatic heterocycles. The lowest BCUT2D eigenvalue weighted by Gasteiger charge is -2.16. The largest absolute Gasteiger partial charge is 0.369 e. The Hall–Kier alpha value is -1.68. The molecule has 0 fully saturated rings. The number of thioether (sulfide) groups is 1. The summed E-state index contributed by atoms with van der Waals surface area (Å²) in [4.78, 5) is 12.6. The molecule has 7 heteroatoms. The van der Waals surface area contributed by atoms with Gasteiger partial charge in [-0.05, 0) is 6.42 Å². The summed E-state index contributed by atoms with van der Waals surface area (Å²) in [5.74, 6) is 2.08. The minimum Gasteiger partial charge on any atom is -0.369 e. The smallest absolute Gasteiger partial charge is 0.209 e. The van der Waals surface area contributed by atoms with Crippen molar-refractivity contribution in [3.63, 3.8) is 0 Å². The predicted octanol–water partition coefficient (Wildman–Crippen LogP) is 0.933. The first-order valence-corrected chi connectivity index (χ1v) is 6.86. The molecule has 1 aromatic rings. The number of guanidine groups is 1. The lowest BCUT2D eigenvalue weighted by atomic mass is 10.3. The number of H-pyrrole nitrogens is 1. The van der Waals surface area contributed by atoms with Gasteiger partial charge in [0.05, 0.1) is 12.0 Å². The molecule has 0 aromatic carbocycles. The average molecular weight is 266 g/mol. The molecule has 1 rings (SSSR count). The van der Waals surface area contributed by atoms with Gasteiger partial charge in [0, 0.05) is 30.8 Å². The Morgan fingerprint density at radius 2 is 2.50 bits per heavy atom. The molecule has 18 heavy (non-hydrogen) atoms. The van der Waals surface area contributed by atoms with E-state index in [1.165, 1.54) is 5.69 Å². The maximum atomic E-state index is 8.38. The lowest BCUT2D eigenvalue weighted by molar-refractivity contribution is 0.534. The maximum absolute atomic E-state index is 8.38. The van der Waals surface area contributed by atoms with Crippen LogP contribution in [0.1, 0.15) is 18.3 Å². The Morgan fingerprint density at radius 1 is 1.72 bits per heavy atom. The number of rotatable bonds is 6. The number of aliphatic imine (C=N–C) groups is 1. The lowest BCUT2D eigenvalue weighted by Crippen LogP contribution is -2.35. The summed E-state index contributed by atoms with van der Waals surface area (Å²) >= 11 is 1.80. The first kappa shape index (κ1) is 14.4. The molecule has 0 atom stereocenters. The number of imidazole rings is 1. The monoisotopic (exact) mass is 266 g/mol. The van der Waals surface area contributed by atoms with Gasteiger partial charge in [-0.2, -0.15) is 17.0 Å². The normalized spacial score (nSPS) is 11.3. The van der Waals surface area contributed by atoms with E-state index in [-0.39, 0.29) is 5.96 Å². The van der Waals surface area contributed by atoms with Crippen LogP contribution >= 0.6 is 11.8 Å². The second-order valence-corrected chi connectivity index (χ2v) is 4.83. The molecule has 0 aliphatic carbocycles. The zero-order valence-electron chi connectivity index (χ0n) is 10.7. The van der Waals surface area contributed by atoms with Crippen LogP contribution in [-0.4, -0.2) is 40.2 Å². The molecular weight excluding hydrogens is 248 g/mol. The number of aromatic amines is 1. The Balaban J connectivity index is 2.27. The van der Waals surface area contributed by atoms with Gasteiger partial charge in [0.15, 0.2) is 0 Å². The number of aromatic nitrogens is 2. The fourth-order valence-electron chi connectivity index (χ4n) is 1.41. The van der Waals surface area contributed by atoms with Crippen molar-refractivity contribution in [1.82, 2.24) is 14.9 Å². The van der Waals surface area contributed by atoms with Crippen molar-refractivity contribution in [2.75, 3.05) is 19.3 Å². The SMILES string of the molecule is CCc1nc[nH]c1CSCCN(C)C(N)=NC#N. The molecule has 0 aliphatic heterocycles. The zero-order valence-corrected chi connectivity index (χ0v) is 11.5. The van der Waals surface area contributed by atoms with Crippen LogP contribution in [-0.2, 0) is 12.2 Å². The van der Waals surface area contributed by atoms with E-state index in [0.29, 0.717) is 0 Å². The van der Waals surface area contributed by atoms with Crippen molar-refractivity contribution in [2.45, 2.75) is 19.1 Å². The Morgan fingerprint density at radius 3 is 3.17 bits per heavy atom. The summed E-state index contributed by atoms with van der Waals surface area (Å²) in [6, 6.07) is 0. The number of hydrogen-bond acceptors (Lipinski definition) is 4. The van der Waals surface area contributed by atoms with Crippen molar-refractivity contribution < 1.29 is 0 Å². The van der Waals surface area contributed by atoms with Crippen molar-refractivity contribution in [2.24, 2.45) is 10.7 Å². The molecular formula is C11H18N6S. The van der Waals surface area contributed by atoms with Gasteiger partial charge in [0.25, 0.3) is 0 Å². The number of nitriles is 1. The standard InChI is InChI=1S/C11H18N6S/c1-3-9-10(16-8-15-9)6-18-5-4-17(2)11(13)14-7-12/h8H,3-6H2,1-2H3,(H2,13,14)(H,15,16). The van der Waals surface area contributed by atoms with E-state index in [0.717, 1.165) is 30.2 Å². The summed E-state index contributed by atoms with van der Waals surface area (Å²) in [5, 5.41) is 8.38. The Bertz CT molecular complexity index is 433. The molecule has 0 spiro atoms. The van der Waals surface area contributed by atoms with Crippen LogP contribution in [0.15, 0.2) is 11.3 Å². The van der Waals surface area contributed by atoms with E-state index >= 15 is 0 Å². The predicted molar refractivity (Wildman–Crippen MR) is 74.0 cm³/mol. The maximum Gasteiger partial charge on any atom is 0.209 e. The Kier molecular flexibility index (Phi) is 6.08. The first-order chi connectivity index (χ1) is 8.69. The first-order valence-electron chi connectivity index (χ1n) is 5.71. The molecule has 1 heterocycles. The van der Waals surface area contributed by atoms with Gasteiger partial charge in [0.2, 0.25) is 12.2 Å². The van der Waals surface area contributed by atoms with E-state index in [1.807, 2.05) is 7.05 Å². The van der Waals surface area contributed by atoms with E-state index in [1.54, 1.807) is 29.2 Å². The quantitative estimate of drug-likeness (QED) is 0.346. The summed E-state index contributed by atoms with van der Waals surface area (Å²) in [5.41, 5.74) is 7.89. The van der Waals surface area contributed by atoms with Gasteiger partial charge in [-0.1, -0.05) is 6.92 Å².